The van der Waals surface area contributed by atoms with E-state index in [1.807, 2.05) is 36.4 Å². The predicted molar refractivity (Wildman–Crippen MR) is 79.6 cm³/mol. The number of halogens is 1. The Balaban J connectivity index is 1.86. The van der Waals surface area contributed by atoms with Gasteiger partial charge in [-0.2, -0.15) is 5.26 Å². The number of anilines is 1. The Morgan fingerprint density at radius 2 is 2.05 bits per heavy atom. The van der Waals surface area contributed by atoms with Crippen molar-refractivity contribution in [2.45, 2.75) is 6.54 Å². The molecule has 5 heteroatoms. The van der Waals surface area contributed by atoms with Crippen LogP contribution in [0.3, 0.4) is 0 Å². The molecule has 1 heterocycles. The molecule has 0 spiro atoms. The van der Waals surface area contributed by atoms with Gasteiger partial charge in [0.05, 0.1) is 11.1 Å². The van der Waals surface area contributed by atoms with E-state index in [1.165, 1.54) is 0 Å². The largest absolute Gasteiger partial charge is 0.352 e. The first-order valence-corrected chi connectivity index (χ1v) is 6.52. The standard InChI is InChI=1S/C15H11ClN4/c16-12-6-2-1-4-11(12)9-18-15-19-13-7-3-5-10(8-17)14(13)20-15/h1-7H,9H2,(H2,18,19,20). The molecule has 2 N–H and O–H groups in total. The molecular formula is C15H11ClN4. The van der Waals surface area contributed by atoms with Crippen LogP contribution in [0.2, 0.25) is 5.02 Å². The summed E-state index contributed by atoms with van der Waals surface area (Å²) in [5, 5.41) is 12.9. The lowest BCUT2D eigenvalue weighted by atomic mass is 10.2. The second-order valence-corrected chi connectivity index (χ2v) is 4.75. The number of aromatic nitrogens is 2. The molecule has 0 bridgehead atoms. The van der Waals surface area contributed by atoms with E-state index in [4.69, 9.17) is 16.9 Å². The fourth-order valence-electron chi connectivity index (χ4n) is 2.03. The van der Waals surface area contributed by atoms with Gasteiger partial charge in [0.2, 0.25) is 5.95 Å². The fraction of sp³-hybridized carbons (Fsp3) is 0.0667. The van der Waals surface area contributed by atoms with Crippen LogP contribution in [-0.2, 0) is 6.54 Å². The number of aromatic amines is 1. The lowest BCUT2D eigenvalue weighted by Crippen LogP contribution is -2.01. The van der Waals surface area contributed by atoms with E-state index in [-0.39, 0.29) is 0 Å². The maximum Gasteiger partial charge on any atom is 0.201 e. The fourth-order valence-corrected chi connectivity index (χ4v) is 2.23. The molecule has 0 fully saturated rings. The maximum absolute atomic E-state index is 9.05. The van der Waals surface area contributed by atoms with Crippen molar-refractivity contribution in [3.8, 4) is 6.07 Å². The number of para-hydroxylation sites is 1. The van der Waals surface area contributed by atoms with Crippen molar-refractivity contribution in [2.75, 3.05) is 5.32 Å². The van der Waals surface area contributed by atoms with E-state index in [9.17, 15) is 0 Å². The normalized spacial score (nSPS) is 10.4. The minimum atomic E-state index is 0.560. The molecule has 0 aliphatic rings. The summed E-state index contributed by atoms with van der Waals surface area (Å²) in [5.41, 5.74) is 3.07. The molecule has 0 unspecified atom stereocenters. The molecule has 0 atom stereocenters. The molecule has 0 aliphatic heterocycles. The summed E-state index contributed by atoms with van der Waals surface area (Å²) >= 11 is 6.10. The number of H-pyrrole nitrogens is 1. The number of imidazole rings is 1. The van der Waals surface area contributed by atoms with Gasteiger partial charge in [-0.15, -0.1) is 0 Å². The van der Waals surface area contributed by atoms with Crippen molar-refractivity contribution in [2.24, 2.45) is 0 Å². The Labute approximate surface area is 121 Å². The van der Waals surface area contributed by atoms with Gasteiger partial charge >= 0.3 is 0 Å². The van der Waals surface area contributed by atoms with Gasteiger partial charge in [0.15, 0.2) is 0 Å². The quantitative estimate of drug-likeness (QED) is 0.770. The van der Waals surface area contributed by atoms with Gasteiger partial charge in [-0.1, -0.05) is 35.9 Å². The van der Waals surface area contributed by atoms with E-state index >= 15 is 0 Å². The molecule has 4 nitrogen and oxygen atoms in total. The summed E-state index contributed by atoms with van der Waals surface area (Å²) in [4.78, 5) is 7.54. The number of nitrogens with one attached hydrogen (secondary N) is 2. The third-order valence-corrected chi connectivity index (χ3v) is 3.41. The summed E-state index contributed by atoms with van der Waals surface area (Å²) in [5.74, 6) is 0.627. The highest BCUT2D eigenvalue weighted by Gasteiger charge is 2.07. The Hall–Kier alpha value is -2.51. The number of rotatable bonds is 3. The molecule has 3 aromatic rings. The van der Waals surface area contributed by atoms with Crippen molar-refractivity contribution in [1.29, 1.82) is 5.26 Å². The summed E-state index contributed by atoms with van der Waals surface area (Å²) < 4.78 is 0. The first kappa shape index (κ1) is 12.5. The molecule has 0 aliphatic carbocycles. The zero-order valence-electron chi connectivity index (χ0n) is 10.5. The van der Waals surface area contributed by atoms with Crippen LogP contribution >= 0.6 is 11.6 Å². The summed E-state index contributed by atoms with van der Waals surface area (Å²) in [6, 6.07) is 15.3. The summed E-state index contributed by atoms with van der Waals surface area (Å²) in [6.45, 7) is 0.571. The van der Waals surface area contributed by atoms with Crippen LogP contribution in [0.5, 0.6) is 0 Å². The predicted octanol–water partition coefficient (Wildman–Crippen LogP) is 3.70. The van der Waals surface area contributed by atoms with Crippen LogP contribution in [0.25, 0.3) is 11.0 Å². The third-order valence-electron chi connectivity index (χ3n) is 3.04. The maximum atomic E-state index is 9.05. The topological polar surface area (TPSA) is 64.5 Å². The van der Waals surface area contributed by atoms with Crippen LogP contribution in [0.4, 0.5) is 5.95 Å². The van der Waals surface area contributed by atoms with E-state index in [1.54, 1.807) is 6.07 Å². The molecule has 0 saturated carbocycles. The lowest BCUT2D eigenvalue weighted by Gasteiger charge is -2.04. The van der Waals surface area contributed by atoms with E-state index in [0.29, 0.717) is 28.6 Å². The minimum absolute atomic E-state index is 0.560. The molecule has 0 saturated heterocycles. The smallest absolute Gasteiger partial charge is 0.201 e. The van der Waals surface area contributed by atoms with Crippen molar-refractivity contribution in [1.82, 2.24) is 9.97 Å². The van der Waals surface area contributed by atoms with Gasteiger partial charge in [-0.3, -0.25) is 0 Å². The number of hydrogen-bond donors (Lipinski definition) is 2. The van der Waals surface area contributed by atoms with E-state index in [2.05, 4.69) is 21.4 Å². The van der Waals surface area contributed by atoms with Crippen LogP contribution in [0.1, 0.15) is 11.1 Å². The van der Waals surface area contributed by atoms with Gasteiger partial charge in [-0.05, 0) is 23.8 Å². The zero-order chi connectivity index (χ0) is 13.9. The highest BCUT2D eigenvalue weighted by atomic mass is 35.5. The molecular weight excluding hydrogens is 272 g/mol. The van der Waals surface area contributed by atoms with Crippen LogP contribution in [0.15, 0.2) is 42.5 Å². The highest BCUT2D eigenvalue weighted by molar-refractivity contribution is 6.31. The first-order valence-electron chi connectivity index (χ1n) is 6.14. The van der Waals surface area contributed by atoms with Crippen LogP contribution in [0, 0.1) is 11.3 Å². The van der Waals surface area contributed by atoms with Gasteiger partial charge in [0.1, 0.15) is 11.6 Å². The minimum Gasteiger partial charge on any atom is -0.352 e. The first-order chi connectivity index (χ1) is 9.78. The number of nitriles is 1. The number of benzene rings is 2. The van der Waals surface area contributed by atoms with Gasteiger partial charge in [-0.25, -0.2) is 4.98 Å². The van der Waals surface area contributed by atoms with E-state index < -0.39 is 0 Å². The van der Waals surface area contributed by atoms with E-state index in [0.717, 1.165) is 11.1 Å². The Bertz CT molecular complexity index is 801. The molecule has 0 amide bonds. The zero-order valence-corrected chi connectivity index (χ0v) is 11.3. The molecule has 2 aromatic carbocycles. The Morgan fingerprint density at radius 3 is 2.85 bits per heavy atom. The number of hydrogen-bond acceptors (Lipinski definition) is 3. The number of nitrogens with zero attached hydrogens (tertiary/aromatic N) is 2. The third kappa shape index (κ3) is 2.31. The Morgan fingerprint density at radius 1 is 1.20 bits per heavy atom. The summed E-state index contributed by atoms with van der Waals surface area (Å²) in [7, 11) is 0. The number of fused-ring (bicyclic) bond motifs is 1. The van der Waals surface area contributed by atoms with Crippen molar-refractivity contribution in [3.63, 3.8) is 0 Å². The average molecular weight is 283 g/mol. The second-order valence-electron chi connectivity index (χ2n) is 4.34. The van der Waals surface area contributed by atoms with Crippen molar-refractivity contribution >= 4 is 28.6 Å². The monoisotopic (exact) mass is 282 g/mol. The van der Waals surface area contributed by atoms with Crippen molar-refractivity contribution < 1.29 is 0 Å². The molecule has 98 valence electrons. The molecule has 20 heavy (non-hydrogen) atoms. The van der Waals surface area contributed by atoms with Gasteiger partial charge < -0.3 is 10.3 Å². The second kappa shape index (κ2) is 5.24. The molecule has 0 radical (unpaired) electrons. The van der Waals surface area contributed by atoms with Crippen LogP contribution < -0.4 is 5.32 Å². The van der Waals surface area contributed by atoms with Gasteiger partial charge in [0, 0.05) is 11.6 Å². The molecule has 3 rings (SSSR count). The highest BCUT2D eigenvalue weighted by Crippen LogP contribution is 2.20. The average Bonchev–Trinajstić information content (AvgIpc) is 2.89. The Kier molecular flexibility index (Phi) is 3.28. The van der Waals surface area contributed by atoms with Gasteiger partial charge in [0.25, 0.3) is 0 Å². The molecule has 1 aromatic heterocycles. The lowest BCUT2D eigenvalue weighted by molar-refractivity contribution is 1.10. The van der Waals surface area contributed by atoms with Crippen molar-refractivity contribution in [3.05, 3.63) is 58.6 Å². The van der Waals surface area contributed by atoms with Crippen LogP contribution in [-0.4, -0.2) is 9.97 Å². The summed E-state index contributed by atoms with van der Waals surface area (Å²) in [6.07, 6.45) is 0. The SMILES string of the molecule is N#Cc1cccc2[nH]c(NCc3ccccc3Cl)nc12.